The summed E-state index contributed by atoms with van der Waals surface area (Å²) in [7, 11) is 0. The van der Waals surface area contributed by atoms with Gasteiger partial charge >= 0.3 is 0 Å². The Kier molecular flexibility index (Phi) is 5.99. The van der Waals surface area contributed by atoms with Gasteiger partial charge in [0.2, 0.25) is 0 Å². The summed E-state index contributed by atoms with van der Waals surface area (Å²) in [5, 5.41) is 3.65. The van der Waals surface area contributed by atoms with E-state index in [1.165, 1.54) is 11.1 Å². The molecule has 1 heteroatoms. The van der Waals surface area contributed by atoms with Crippen LogP contribution in [0.25, 0.3) is 6.08 Å². The summed E-state index contributed by atoms with van der Waals surface area (Å²) in [6, 6.07) is 21.5. The molecular formula is C20H23N. The molecule has 2 aromatic carbocycles. The lowest BCUT2D eigenvalue weighted by Gasteiger charge is -2.20. The highest BCUT2D eigenvalue weighted by atomic mass is 14.9. The molecule has 0 aliphatic rings. The fourth-order valence-electron chi connectivity index (χ4n) is 2.33. The van der Waals surface area contributed by atoms with E-state index in [2.05, 4.69) is 79.5 Å². The van der Waals surface area contributed by atoms with Crippen molar-refractivity contribution in [2.45, 2.75) is 25.4 Å². The Morgan fingerprint density at radius 2 is 1.62 bits per heavy atom. The smallest absolute Gasteiger partial charge is 0.0297 e. The largest absolute Gasteiger partial charge is 0.304 e. The maximum absolute atomic E-state index is 3.86. The lowest BCUT2D eigenvalue weighted by atomic mass is 10.1. The second-order valence-corrected chi connectivity index (χ2v) is 5.20. The molecule has 1 N–H and O–H groups in total. The van der Waals surface area contributed by atoms with Crippen molar-refractivity contribution in [1.29, 1.82) is 0 Å². The summed E-state index contributed by atoms with van der Waals surface area (Å²) < 4.78 is 0. The van der Waals surface area contributed by atoms with E-state index in [9.17, 15) is 0 Å². The van der Waals surface area contributed by atoms with Gasteiger partial charge in [0, 0.05) is 12.1 Å². The first-order valence-corrected chi connectivity index (χ1v) is 7.44. The number of hydrogen-bond donors (Lipinski definition) is 1. The molecule has 0 saturated heterocycles. The first kappa shape index (κ1) is 15.3. The lowest BCUT2D eigenvalue weighted by Crippen LogP contribution is -2.29. The quantitative estimate of drug-likeness (QED) is 0.703. The SMILES string of the molecule is C=CC[C@@H](/C=C/c1ccccc1)N[C@H](C)c1ccccc1. The summed E-state index contributed by atoms with van der Waals surface area (Å²) in [6.45, 7) is 6.06. The minimum Gasteiger partial charge on any atom is -0.304 e. The molecule has 0 bridgehead atoms. The summed E-state index contributed by atoms with van der Waals surface area (Å²) in [5.41, 5.74) is 2.53. The van der Waals surface area contributed by atoms with Crippen molar-refractivity contribution in [3.8, 4) is 0 Å². The Labute approximate surface area is 128 Å². The second-order valence-electron chi connectivity index (χ2n) is 5.20. The Hall–Kier alpha value is -2.12. The molecule has 0 radical (unpaired) electrons. The van der Waals surface area contributed by atoms with Crippen LogP contribution in [0.5, 0.6) is 0 Å². The summed E-state index contributed by atoms with van der Waals surface area (Å²) in [5.74, 6) is 0. The van der Waals surface area contributed by atoms with Crippen LogP contribution in [-0.2, 0) is 0 Å². The molecule has 0 saturated carbocycles. The fraction of sp³-hybridized carbons (Fsp3) is 0.200. The van der Waals surface area contributed by atoms with E-state index in [0.29, 0.717) is 6.04 Å². The summed E-state index contributed by atoms with van der Waals surface area (Å²) >= 11 is 0. The highest BCUT2D eigenvalue weighted by Crippen LogP contribution is 2.14. The topological polar surface area (TPSA) is 12.0 Å². The highest BCUT2D eigenvalue weighted by molar-refractivity contribution is 5.49. The van der Waals surface area contributed by atoms with Crippen LogP contribution in [0.2, 0.25) is 0 Å². The van der Waals surface area contributed by atoms with Gasteiger partial charge in [-0.1, -0.05) is 78.9 Å². The summed E-state index contributed by atoms with van der Waals surface area (Å²) in [6.07, 6.45) is 7.26. The molecule has 0 aromatic heterocycles. The third-order valence-electron chi connectivity index (χ3n) is 3.50. The van der Waals surface area contributed by atoms with Crippen LogP contribution in [0.3, 0.4) is 0 Å². The maximum atomic E-state index is 3.86. The van der Waals surface area contributed by atoms with E-state index in [1.807, 2.05) is 18.2 Å². The van der Waals surface area contributed by atoms with E-state index in [1.54, 1.807) is 0 Å². The van der Waals surface area contributed by atoms with Crippen molar-refractivity contribution in [2.24, 2.45) is 0 Å². The number of nitrogens with one attached hydrogen (secondary N) is 1. The fourth-order valence-corrected chi connectivity index (χ4v) is 2.33. The van der Waals surface area contributed by atoms with Crippen molar-refractivity contribution < 1.29 is 0 Å². The van der Waals surface area contributed by atoms with Gasteiger partial charge < -0.3 is 5.32 Å². The molecule has 0 amide bonds. The molecule has 0 spiro atoms. The molecule has 0 aliphatic heterocycles. The van der Waals surface area contributed by atoms with Crippen molar-refractivity contribution in [2.75, 3.05) is 0 Å². The normalized spacial score (nSPS) is 14.0. The van der Waals surface area contributed by atoms with E-state index in [-0.39, 0.29) is 6.04 Å². The monoisotopic (exact) mass is 277 g/mol. The van der Waals surface area contributed by atoms with Crippen LogP contribution in [0.1, 0.15) is 30.5 Å². The standard InChI is InChI=1S/C20H23N/c1-3-10-20(16-15-18-11-6-4-7-12-18)21-17(2)19-13-8-5-9-14-19/h3-9,11-17,20-21H,1,10H2,2H3/b16-15+/t17-,20+/m1/s1. The van der Waals surface area contributed by atoms with E-state index in [4.69, 9.17) is 0 Å². The van der Waals surface area contributed by atoms with Gasteiger partial charge in [-0.05, 0) is 24.5 Å². The Morgan fingerprint density at radius 1 is 1.00 bits per heavy atom. The molecule has 0 aliphatic carbocycles. The first-order chi connectivity index (χ1) is 10.3. The minimum absolute atomic E-state index is 0.290. The molecule has 0 unspecified atom stereocenters. The Morgan fingerprint density at radius 3 is 2.24 bits per heavy atom. The third-order valence-corrected chi connectivity index (χ3v) is 3.50. The molecule has 2 rings (SSSR count). The molecule has 2 aromatic rings. The van der Waals surface area contributed by atoms with Gasteiger partial charge in [0.05, 0.1) is 0 Å². The zero-order chi connectivity index (χ0) is 14.9. The molecule has 21 heavy (non-hydrogen) atoms. The van der Waals surface area contributed by atoms with Gasteiger partial charge in [0.15, 0.2) is 0 Å². The molecular weight excluding hydrogens is 254 g/mol. The van der Waals surface area contributed by atoms with E-state index in [0.717, 1.165) is 6.42 Å². The predicted molar refractivity (Wildman–Crippen MR) is 92.1 cm³/mol. The zero-order valence-corrected chi connectivity index (χ0v) is 12.6. The van der Waals surface area contributed by atoms with Gasteiger partial charge in [0.25, 0.3) is 0 Å². The van der Waals surface area contributed by atoms with Crippen LogP contribution in [0, 0.1) is 0 Å². The first-order valence-electron chi connectivity index (χ1n) is 7.44. The van der Waals surface area contributed by atoms with E-state index >= 15 is 0 Å². The van der Waals surface area contributed by atoms with E-state index < -0.39 is 0 Å². The Bertz CT molecular complexity index is 557. The summed E-state index contributed by atoms with van der Waals surface area (Å²) in [4.78, 5) is 0. The average Bonchev–Trinajstić information content (AvgIpc) is 2.54. The minimum atomic E-state index is 0.290. The van der Waals surface area contributed by atoms with Gasteiger partial charge in [-0.3, -0.25) is 0 Å². The third kappa shape index (κ3) is 5.05. The van der Waals surface area contributed by atoms with Gasteiger partial charge in [-0.15, -0.1) is 6.58 Å². The molecule has 108 valence electrons. The lowest BCUT2D eigenvalue weighted by molar-refractivity contribution is 0.515. The number of hydrogen-bond acceptors (Lipinski definition) is 1. The van der Waals surface area contributed by atoms with Crippen molar-refractivity contribution >= 4 is 6.08 Å². The van der Waals surface area contributed by atoms with Crippen LogP contribution in [-0.4, -0.2) is 6.04 Å². The van der Waals surface area contributed by atoms with Crippen LogP contribution in [0.4, 0.5) is 0 Å². The number of rotatable bonds is 7. The molecule has 0 heterocycles. The van der Waals surface area contributed by atoms with Gasteiger partial charge in [0.1, 0.15) is 0 Å². The highest BCUT2D eigenvalue weighted by Gasteiger charge is 2.09. The predicted octanol–water partition coefficient (Wildman–Crippen LogP) is 5.00. The van der Waals surface area contributed by atoms with Crippen molar-refractivity contribution in [3.05, 3.63) is 90.5 Å². The van der Waals surface area contributed by atoms with Crippen LogP contribution in [0.15, 0.2) is 79.4 Å². The Balaban J connectivity index is 2.02. The molecule has 1 nitrogen and oxygen atoms in total. The van der Waals surface area contributed by atoms with Crippen molar-refractivity contribution in [3.63, 3.8) is 0 Å². The number of benzene rings is 2. The van der Waals surface area contributed by atoms with Gasteiger partial charge in [-0.25, -0.2) is 0 Å². The van der Waals surface area contributed by atoms with Crippen LogP contribution < -0.4 is 5.32 Å². The second kappa shape index (κ2) is 8.23. The van der Waals surface area contributed by atoms with Gasteiger partial charge in [-0.2, -0.15) is 0 Å². The molecule has 0 fully saturated rings. The zero-order valence-electron chi connectivity index (χ0n) is 12.6. The van der Waals surface area contributed by atoms with Crippen molar-refractivity contribution in [1.82, 2.24) is 5.32 Å². The van der Waals surface area contributed by atoms with Crippen LogP contribution >= 0.6 is 0 Å². The average molecular weight is 277 g/mol. The maximum Gasteiger partial charge on any atom is 0.0297 e. The molecule has 2 atom stereocenters.